The Morgan fingerprint density at radius 3 is 2.68 bits per heavy atom. The van der Waals surface area contributed by atoms with Crippen LogP contribution in [0.25, 0.3) is 0 Å². The molecule has 2 heterocycles. The quantitative estimate of drug-likeness (QED) is 0.379. The Morgan fingerprint density at radius 1 is 1.15 bits per heavy atom. The Bertz CT molecular complexity index is 1190. The Labute approximate surface area is 205 Å². The van der Waals surface area contributed by atoms with Crippen LogP contribution in [0, 0.1) is 6.92 Å². The molecule has 7 nitrogen and oxygen atoms in total. The fraction of sp³-hybridized carbons (Fsp3) is 0.346. The predicted octanol–water partition coefficient (Wildman–Crippen LogP) is 5.81. The van der Waals surface area contributed by atoms with Gasteiger partial charge >= 0.3 is 0 Å². The summed E-state index contributed by atoms with van der Waals surface area (Å²) in [6, 6.07) is 15.2. The SMILES string of the molecule is CCCOc1cccc(C2C(C(=O)Nc3ccc(C)cc3)=C(C)Nc3nc(SCCC)nn32)c1. The highest BCUT2D eigenvalue weighted by Gasteiger charge is 2.34. The van der Waals surface area contributed by atoms with E-state index in [9.17, 15) is 4.79 Å². The van der Waals surface area contributed by atoms with Crippen molar-refractivity contribution < 1.29 is 9.53 Å². The maximum absolute atomic E-state index is 13.6. The average Bonchev–Trinajstić information content (AvgIpc) is 3.24. The van der Waals surface area contributed by atoms with Gasteiger partial charge in [0.15, 0.2) is 0 Å². The highest BCUT2D eigenvalue weighted by atomic mass is 32.2. The second-order valence-electron chi connectivity index (χ2n) is 8.32. The largest absolute Gasteiger partial charge is 0.494 e. The zero-order valence-corrected chi connectivity index (χ0v) is 20.9. The summed E-state index contributed by atoms with van der Waals surface area (Å²) in [6.45, 7) is 8.77. The van der Waals surface area contributed by atoms with Crippen LogP contribution in [0.5, 0.6) is 5.75 Å². The number of carbonyl (C=O) groups excluding carboxylic acids is 1. The van der Waals surface area contributed by atoms with Gasteiger partial charge in [0.05, 0.1) is 12.2 Å². The van der Waals surface area contributed by atoms with Crippen LogP contribution in [-0.2, 0) is 4.79 Å². The molecule has 0 radical (unpaired) electrons. The van der Waals surface area contributed by atoms with E-state index in [1.807, 2.05) is 67.1 Å². The number of aryl methyl sites for hydroxylation is 1. The Kier molecular flexibility index (Phi) is 7.57. The topological polar surface area (TPSA) is 81.1 Å². The number of nitrogens with one attached hydrogen (secondary N) is 2. The van der Waals surface area contributed by atoms with Crippen molar-refractivity contribution >= 4 is 29.3 Å². The number of thioether (sulfide) groups is 1. The maximum atomic E-state index is 13.6. The fourth-order valence-electron chi connectivity index (χ4n) is 3.82. The van der Waals surface area contributed by atoms with Crippen LogP contribution in [-0.4, -0.2) is 33.0 Å². The van der Waals surface area contributed by atoms with E-state index in [2.05, 4.69) is 29.5 Å². The lowest BCUT2D eigenvalue weighted by atomic mass is 9.94. The second kappa shape index (κ2) is 10.8. The summed E-state index contributed by atoms with van der Waals surface area (Å²) >= 11 is 1.61. The normalized spacial score (nSPS) is 15.0. The third-order valence-electron chi connectivity index (χ3n) is 5.47. The van der Waals surface area contributed by atoms with E-state index in [1.54, 1.807) is 11.8 Å². The fourth-order valence-corrected chi connectivity index (χ4v) is 4.50. The molecule has 178 valence electrons. The molecule has 1 amide bonds. The molecule has 1 unspecified atom stereocenters. The molecule has 3 aromatic rings. The van der Waals surface area contributed by atoms with Crippen molar-refractivity contribution in [2.24, 2.45) is 0 Å². The van der Waals surface area contributed by atoms with E-state index in [4.69, 9.17) is 9.84 Å². The van der Waals surface area contributed by atoms with E-state index < -0.39 is 6.04 Å². The number of hydrogen-bond donors (Lipinski definition) is 2. The predicted molar refractivity (Wildman–Crippen MR) is 138 cm³/mol. The lowest BCUT2D eigenvalue weighted by Gasteiger charge is -2.29. The van der Waals surface area contributed by atoms with E-state index in [1.165, 1.54) is 0 Å². The van der Waals surface area contributed by atoms with Crippen molar-refractivity contribution in [1.29, 1.82) is 0 Å². The molecule has 0 aliphatic carbocycles. The smallest absolute Gasteiger partial charge is 0.255 e. The van der Waals surface area contributed by atoms with Crippen LogP contribution in [0.2, 0.25) is 0 Å². The van der Waals surface area contributed by atoms with Crippen molar-refractivity contribution in [3.8, 4) is 5.75 Å². The number of fused-ring (bicyclic) bond motifs is 1. The second-order valence-corrected chi connectivity index (χ2v) is 9.38. The van der Waals surface area contributed by atoms with Crippen molar-refractivity contribution in [3.05, 3.63) is 70.9 Å². The van der Waals surface area contributed by atoms with Gasteiger partial charge in [0, 0.05) is 17.1 Å². The first kappa shape index (κ1) is 23.9. The highest BCUT2D eigenvalue weighted by molar-refractivity contribution is 7.99. The number of carbonyl (C=O) groups is 1. The summed E-state index contributed by atoms with van der Waals surface area (Å²) in [5.41, 5.74) is 4.15. The molecule has 1 aliphatic heterocycles. The van der Waals surface area contributed by atoms with Crippen LogP contribution in [0.3, 0.4) is 0 Å². The molecule has 0 spiro atoms. The average molecular weight is 478 g/mol. The number of amides is 1. The Morgan fingerprint density at radius 2 is 1.94 bits per heavy atom. The first-order valence-electron chi connectivity index (χ1n) is 11.7. The van der Waals surface area contributed by atoms with E-state index >= 15 is 0 Å². The van der Waals surface area contributed by atoms with Crippen LogP contribution < -0.4 is 15.4 Å². The van der Waals surface area contributed by atoms with Gasteiger partial charge in [0.25, 0.3) is 5.91 Å². The number of aromatic nitrogens is 3. The lowest BCUT2D eigenvalue weighted by Crippen LogP contribution is -2.31. The molecule has 4 rings (SSSR count). The van der Waals surface area contributed by atoms with Crippen molar-refractivity contribution in [2.45, 2.75) is 51.7 Å². The summed E-state index contributed by atoms with van der Waals surface area (Å²) in [5, 5.41) is 11.8. The molecular weight excluding hydrogens is 446 g/mol. The van der Waals surface area contributed by atoms with Gasteiger partial charge in [0.1, 0.15) is 11.8 Å². The number of rotatable bonds is 9. The van der Waals surface area contributed by atoms with Gasteiger partial charge in [0.2, 0.25) is 11.1 Å². The third-order valence-corrected chi connectivity index (χ3v) is 6.51. The van der Waals surface area contributed by atoms with E-state index in [0.717, 1.165) is 46.9 Å². The zero-order chi connectivity index (χ0) is 24.1. The molecule has 1 aromatic heterocycles. The Hall–Kier alpha value is -3.26. The van der Waals surface area contributed by atoms with E-state index in [-0.39, 0.29) is 5.91 Å². The molecule has 2 N–H and O–H groups in total. The van der Waals surface area contributed by atoms with Crippen LogP contribution in [0.15, 0.2) is 65.0 Å². The first-order chi connectivity index (χ1) is 16.5. The van der Waals surface area contributed by atoms with Crippen LogP contribution in [0.1, 0.15) is 50.8 Å². The molecule has 0 saturated heterocycles. The van der Waals surface area contributed by atoms with Crippen molar-refractivity contribution in [1.82, 2.24) is 14.8 Å². The molecular formula is C26H31N5O2S. The number of benzene rings is 2. The van der Waals surface area contributed by atoms with Gasteiger partial charge in [-0.15, -0.1) is 5.10 Å². The summed E-state index contributed by atoms with van der Waals surface area (Å²) in [5.74, 6) is 2.16. The minimum absolute atomic E-state index is 0.178. The number of ether oxygens (including phenoxy) is 1. The molecule has 1 atom stereocenters. The van der Waals surface area contributed by atoms with Crippen LogP contribution >= 0.6 is 11.8 Å². The summed E-state index contributed by atoms with van der Waals surface area (Å²) in [7, 11) is 0. The van der Waals surface area contributed by atoms with Crippen molar-refractivity contribution in [2.75, 3.05) is 23.0 Å². The lowest BCUT2D eigenvalue weighted by molar-refractivity contribution is -0.113. The molecule has 2 aromatic carbocycles. The number of nitrogens with zero attached hydrogens (tertiary/aromatic N) is 3. The summed E-state index contributed by atoms with van der Waals surface area (Å²) < 4.78 is 7.69. The van der Waals surface area contributed by atoms with Gasteiger partial charge < -0.3 is 15.4 Å². The highest BCUT2D eigenvalue weighted by Crippen LogP contribution is 2.37. The minimum Gasteiger partial charge on any atom is -0.494 e. The minimum atomic E-state index is -0.435. The molecule has 0 fully saturated rings. The maximum Gasteiger partial charge on any atom is 0.255 e. The summed E-state index contributed by atoms with van der Waals surface area (Å²) in [4.78, 5) is 18.3. The Balaban J connectivity index is 1.74. The van der Waals surface area contributed by atoms with Gasteiger partial charge in [-0.25, -0.2) is 4.68 Å². The molecule has 0 saturated carbocycles. The first-order valence-corrected chi connectivity index (χ1v) is 12.7. The van der Waals surface area contributed by atoms with E-state index in [0.29, 0.717) is 23.3 Å². The van der Waals surface area contributed by atoms with Gasteiger partial charge in [-0.2, -0.15) is 4.98 Å². The zero-order valence-electron chi connectivity index (χ0n) is 20.1. The third kappa shape index (κ3) is 5.28. The van der Waals surface area contributed by atoms with Crippen molar-refractivity contribution in [3.63, 3.8) is 0 Å². The number of hydrogen-bond acceptors (Lipinski definition) is 6. The molecule has 8 heteroatoms. The van der Waals surface area contributed by atoms with Gasteiger partial charge in [-0.3, -0.25) is 4.79 Å². The molecule has 34 heavy (non-hydrogen) atoms. The monoisotopic (exact) mass is 477 g/mol. The summed E-state index contributed by atoms with van der Waals surface area (Å²) in [6.07, 6.45) is 1.95. The standard InChI is InChI=1S/C26H31N5O2S/c1-5-14-33-21-9-7-8-19(16-21)23-22(24(32)28-20-12-10-17(3)11-13-20)18(4)27-25-29-26(30-31(23)25)34-15-6-2/h7-13,16,23H,5-6,14-15H2,1-4H3,(H,28,32)(H,27,29,30). The van der Waals surface area contributed by atoms with Gasteiger partial charge in [-0.05, 0) is 56.5 Å². The van der Waals surface area contributed by atoms with Crippen LogP contribution in [0.4, 0.5) is 11.6 Å². The molecule has 1 aliphatic rings. The number of allylic oxidation sites excluding steroid dienone is 1. The molecule has 0 bridgehead atoms. The number of anilines is 2. The van der Waals surface area contributed by atoms with Gasteiger partial charge in [-0.1, -0.05) is 55.4 Å².